The number of carbonyl (C=O) groups excluding carboxylic acids is 3. The zero-order chi connectivity index (χ0) is 21.7. The number of carbonyl (C=O) groups is 3. The number of ether oxygens (including phenoxy) is 3. The van der Waals surface area contributed by atoms with Crippen molar-refractivity contribution in [3.8, 4) is 5.75 Å². The summed E-state index contributed by atoms with van der Waals surface area (Å²) in [5.74, 6) is -0.768. The number of amides is 2. The summed E-state index contributed by atoms with van der Waals surface area (Å²) >= 11 is 0. The molecule has 10 heteroatoms. The molecule has 3 rings (SSSR count). The molecule has 10 nitrogen and oxygen atoms in total. The Hall–Kier alpha value is -3.56. The van der Waals surface area contributed by atoms with E-state index in [2.05, 4.69) is 20.0 Å². The van der Waals surface area contributed by atoms with Gasteiger partial charge >= 0.3 is 18.0 Å². The fraction of sp³-hybridized carbons (Fsp3) is 0.400. The number of hydrogen-bond donors (Lipinski definition) is 2. The molecule has 2 heterocycles. The topological polar surface area (TPSA) is 123 Å². The van der Waals surface area contributed by atoms with E-state index in [1.54, 1.807) is 24.4 Å². The minimum Gasteiger partial charge on any atom is -0.496 e. The van der Waals surface area contributed by atoms with Gasteiger partial charge in [0.1, 0.15) is 17.8 Å². The van der Waals surface area contributed by atoms with Gasteiger partial charge in [-0.1, -0.05) is 18.2 Å². The van der Waals surface area contributed by atoms with Crippen LogP contribution < -0.4 is 10.1 Å². The van der Waals surface area contributed by atoms with Crippen molar-refractivity contribution in [2.45, 2.75) is 24.9 Å². The molecule has 1 aromatic carbocycles. The predicted octanol–water partition coefficient (Wildman–Crippen LogP) is 1.18. The number of aromatic amines is 1. The molecule has 0 spiro atoms. The number of fused-ring (bicyclic) bond motifs is 1. The van der Waals surface area contributed by atoms with Gasteiger partial charge in [0.05, 0.1) is 39.8 Å². The average Bonchev–Trinajstić information content (AvgIpc) is 3.26. The third kappa shape index (κ3) is 4.22. The third-order valence-electron chi connectivity index (χ3n) is 5.00. The van der Waals surface area contributed by atoms with E-state index < -0.39 is 30.1 Å². The minimum atomic E-state index is -1.17. The number of methoxy groups -OCH3 is 3. The molecule has 2 N–H and O–H groups in total. The van der Waals surface area contributed by atoms with Gasteiger partial charge in [0, 0.05) is 24.2 Å². The molecule has 1 aliphatic heterocycles. The number of esters is 2. The van der Waals surface area contributed by atoms with Gasteiger partial charge in [0.25, 0.3) is 0 Å². The molecule has 2 atom stereocenters. The predicted molar refractivity (Wildman–Crippen MR) is 105 cm³/mol. The van der Waals surface area contributed by atoms with Crippen LogP contribution >= 0.6 is 0 Å². The smallest absolute Gasteiger partial charge is 0.329 e. The van der Waals surface area contributed by atoms with Crippen LogP contribution in [0.3, 0.4) is 0 Å². The Balaban J connectivity index is 1.93. The lowest BCUT2D eigenvalue weighted by Crippen LogP contribution is -2.52. The molecule has 0 aliphatic carbocycles. The Morgan fingerprint density at radius 3 is 2.70 bits per heavy atom. The first-order chi connectivity index (χ1) is 14.5. The van der Waals surface area contributed by atoms with E-state index in [4.69, 9.17) is 9.47 Å². The van der Waals surface area contributed by atoms with Crippen LogP contribution in [0, 0.1) is 0 Å². The molecule has 2 aromatic rings. The Kier molecular flexibility index (Phi) is 6.55. The lowest BCUT2D eigenvalue weighted by molar-refractivity contribution is -0.149. The molecule has 160 valence electrons. The van der Waals surface area contributed by atoms with Crippen LogP contribution in [0.2, 0.25) is 0 Å². The highest BCUT2D eigenvalue weighted by molar-refractivity contribution is 5.87. The number of hydrogen-bond acceptors (Lipinski definition) is 7. The van der Waals surface area contributed by atoms with Gasteiger partial charge in [-0.3, -0.25) is 4.79 Å². The van der Waals surface area contributed by atoms with Crippen LogP contribution in [0.4, 0.5) is 4.79 Å². The lowest BCUT2D eigenvalue weighted by atomic mass is 9.95. The largest absolute Gasteiger partial charge is 0.496 e. The number of aromatic nitrogens is 2. The minimum absolute atomic E-state index is 0.338. The Morgan fingerprint density at radius 1 is 1.23 bits per heavy atom. The SMILES string of the molecule is COC(=O)C[C@@H](NC(=O)N1CCc2[nH]cnc2[C@H]1c1ccccc1OC)C(=O)OC. The van der Waals surface area contributed by atoms with Crippen molar-refractivity contribution in [1.82, 2.24) is 20.2 Å². The van der Waals surface area contributed by atoms with E-state index >= 15 is 0 Å². The van der Waals surface area contributed by atoms with Gasteiger partial charge < -0.3 is 29.4 Å². The summed E-state index contributed by atoms with van der Waals surface area (Å²) in [4.78, 5) is 46.0. The van der Waals surface area contributed by atoms with Crippen LogP contribution in [-0.4, -0.2) is 66.8 Å². The van der Waals surface area contributed by atoms with Crippen LogP contribution in [-0.2, 0) is 25.5 Å². The number of nitrogens with zero attached hydrogens (tertiary/aromatic N) is 2. The fourth-order valence-electron chi connectivity index (χ4n) is 3.52. The van der Waals surface area contributed by atoms with E-state index in [0.29, 0.717) is 24.4 Å². The van der Waals surface area contributed by atoms with Crippen LogP contribution in [0.15, 0.2) is 30.6 Å². The monoisotopic (exact) mass is 416 g/mol. The molecule has 0 saturated carbocycles. The molecule has 0 saturated heterocycles. The Bertz CT molecular complexity index is 928. The number of H-pyrrole nitrogens is 1. The van der Waals surface area contributed by atoms with Crippen molar-refractivity contribution in [2.24, 2.45) is 0 Å². The van der Waals surface area contributed by atoms with Crippen molar-refractivity contribution in [3.05, 3.63) is 47.5 Å². The number of para-hydroxylation sites is 1. The van der Waals surface area contributed by atoms with Crippen molar-refractivity contribution in [1.29, 1.82) is 0 Å². The van der Waals surface area contributed by atoms with E-state index in [9.17, 15) is 14.4 Å². The van der Waals surface area contributed by atoms with E-state index in [1.807, 2.05) is 18.2 Å². The average molecular weight is 416 g/mol. The van der Waals surface area contributed by atoms with Crippen LogP contribution in [0.1, 0.15) is 29.4 Å². The second kappa shape index (κ2) is 9.29. The highest BCUT2D eigenvalue weighted by atomic mass is 16.5. The fourth-order valence-corrected chi connectivity index (χ4v) is 3.52. The van der Waals surface area contributed by atoms with Crippen molar-refractivity contribution in [3.63, 3.8) is 0 Å². The number of rotatable bonds is 6. The summed E-state index contributed by atoms with van der Waals surface area (Å²) in [5, 5.41) is 2.60. The van der Waals surface area contributed by atoms with Crippen LogP contribution in [0.25, 0.3) is 0 Å². The summed E-state index contributed by atoms with van der Waals surface area (Å²) in [7, 11) is 3.95. The number of urea groups is 1. The van der Waals surface area contributed by atoms with E-state index in [0.717, 1.165) is 11.3 Å². The van der Waals surface area contributed by atoms with Gasteiger partial charge in [-0.15, -0.1) is 0 Å². The second-order valence-corrected chi connectivity index (χ2v) is 6.66. The van der Waals surface area contributed by atoms with Crippen molar-refractivity contribution in [2.75, 3.05) is 27.9 Å². The number of nitrogens with one attached hydrogen (secondary N) is 2. The van der Waals surface area contributed by atoms with Crippen molar-refractivity contribution >= 4 is 18.0 Å². The summed E-state index contributed by atoms with van der Waals surface area (Å²) < 4.78 is 14.8. The van der Waals surface area contributed by atoms with Gasteiger partial charge in [-0.25, -0.2) is 14.6 Å². The zero-order valence-electron chi connectivity index (χ0n) is 17.0. The summed E-state index contributed by atoms with van der Waals surface area (Å²) in [6.07, 6.45) is 1.81. The van der Waals surface area contributed by atoms with Gasteiger partial charge in [0.15, 0.2) is 0 Å². The molecule has 0 fully saturated rings. The number of imidazole rings is 1. The number of benzene rings is 1. The lowest BCUT2D eigenvalue weighted by Gasteiger charge is -2.36. The maximum absolute atomic E-state index is 13.2. The zero-order valence-corrected chi connectivity index (χ0v) is 17.0. The maximum Gasteiger partial charge on any atom is 0.329 e. The molecular weight excluding hydrogens is 392 g/mol. The molecule has 1 aromatic heterocycles. The quantitative estimate of drug-likeness (QED) is 0.678. The first kappa shape index (κ1) is 21.2. The third-order valence-corrected chi connectivity index (χ3v) is 5.00. The van der Waals surface area contributed by atoms with Gasteiger partial charge in [-0.2, -0.15) is 0 Å². The standard InChI is InChI=1S/C20H24N4O6/c1-28-15-7-5-4-6-12(15)18-17-13(21-11-22-17)8-9-24(18)20(27)23-14(19(26)30-3)10-16(25)29-2/h4-7,11,14,18H,8-10H2,1-3H3,(H,21,22)(H,23,27)/t14-,18-/m1/s1. The molecule has 0 radical (unpaired) electrons. The van der Waals surface area contributed by atoms with Gasteiger partial charge in [0.2, 0.25) is 0 Å². The van der Waals surface area contributed by atoms with Crippen molar-refractivity contribution < 1.29 is 28.6 Å². The summed E-state index contributed by atoms with van der Waals surface area (Å²) in [5.41, 5.74) is 2.38. The van der Waals surface area contributed by atoms with Gasteiger partial charge in [-0.05, 0) is 6.07 Å². The molecule has 2 amide bonds. The Labute approximate surface area is 173 Å². The summed E-state index contributed by atoms with van der Waals surface area (Å²) in [6.45, 7) is 0.371. The normalized spacial score (nSPS) is 16.2. The van der Waals surface area contributed by atoms with E-state index in [-0.39, 0.29) is 6.42 Å². The molecule has 30 heavy (non-hydrogen) atoms. The molecular formula is C20H24N4O6. The van der Waals surface area contributed by atoms with Crippen LogP contribution in [0.5, 0.6) is 5.75 Å². The van der Waals surface area contributed by atoms with E-state index in [1.165, 1.54) is 14.2 Å². The second-order valence-electron chi connectivity index (χ2n) is 6.66. The highest BCUT2D eigenvalue weighted by Crippen LogP contribution is 2.37. The summed E-state index contributed by atoms with van der Waals surface area (Å²) in [6, 6.07) is 5.12. The molecule has 0 unspecified atom stereocenters. The first-order valence-corrected chi connectivity index (χ1v) is 9.37. The highest BCUT2D eigenvalue weighted by Gasteiger charge is 2.37. The maximum atomic E-state index is 13.2. The molecule has 0 bridgehead atoms. The molecule has 1 aliphatic rings. The first-order valence-electron chi connectivity index (χ1n) is 9.37. The Morgan fingerprint density at radius 2 is 2.00 bits per heavy atom.